The number of nitrogens with two attached hydrogens (primary N) is 1. The molecule has 0 saturated carbocycles. The SMILES string of the molecule is NC(=O)c1ncn2c1CN=C(c1ccccc1Br)c1cc(F)ccc1-2. The van der Waals surface area contributed by atoms with Crippen LogP contribution in [0.2, 0.25) is 0 Å². The number of carbonyl (C=O) groups is 1. The second-order valence-electron chi connectivity index (χ2n) is 5.58. The molecule has 0 atom stereocenters. The van der Waals surface area contributed by atoms with E-state index in [0.717, 1.165) is 10.0 Å². The van der Waals surface area contributed by atoms with Crippen molar-refractivity contribution in [2.75, 3.05) is 0 Å². The Morgan fingerprint density at radius 3 is 2.76 bits per heavy atom. The summed E-state index contributed by atoms with van der Waals surface area (Å²) in [6.45, 7) is 0.214. The van der Waals surface area contributed by atoms with Crippen LogP contribution in [-0.2, 0) is 6.54 Å². The molecule has 3 aromatic rings. The van der Waals surface area contributed by atoms with Crippen LogP contribution in [0.1, 0.15) is 27.3 Å². The van der Waals surface area contributed by atoms with Crippen molar-refractivity contribution in [2.24, 2.45) is 10.7 Å². The minimum Gasteiger partial charge on any atom is -0.364 e. The molecule has 0 radical (unpaired) electrons. The number of nitrogens with zero attached hydrogens (tertiary/aromatic N) is 3. The molecule has 0 aliphatic carbocycles. The van der Waals surface area contributed by atoms with E-state index >= 15 is 0 Å². The number of hydrogen-bond acceptors (Lipinski definition) is 3. The predicted molar refractivity (Wildman–Crippen MR) is 95.5 cm³/mol. The van der Waals surface area contributed by atoms with Gasteiger partial charge in [-0.2, -0.15) is 0 Å². The maximum absolute atomic E-state index is 14.0. The largest absolute Gasteiger partial charge is 0.364 e. The van der Waals surface area contributed by atoms with Crippen LogP contribution in [0.3, 0.4) is 0 Å². The summed E-state index contributed by atoms with van der Waals surface area (Å²) in [5, 5.41) is 0. The van der Waals surface area contributed by atoms with Gasteiger partial charge in [0.15, 0.2) is 5.69 Å². The number of hydrogen-bond donors (Lipinski definition) is 1. The third-order valence-electron chi connectivity index (χ3n) is 4.09. The van der Waals surface area contributed by atoms with Gasteiger partial charge in [-0.05, 0) is 24.3 Å². The maximum atomic E-state index is 14.0. The van der Waals surface area contributed by atoms with Crippen LogP contribution in [0.25, 0.3) is 5.69 Å². The summed E-state index contributed by atoms with van der Waals surface area (Å²) in [4.78, 5) is 20.4. The van der Waals surface area contributed by atoms with Crippen molar-refractivity contribution in [1.29, 1.82) is 0 Å². The van der Waals surface area contributed by atoms with Crippen molar-refractivity contribution < 1.29 is 9.18 Å². The van der Waals surface area contributed by atoms with Crippen molar-refractivity contribution >= 4 is 27.5 Å². The molecule has 5 nitrogen and oxygen atoms in total. The number of primary amides is 1. The van der Waals surface area contributed by atoms with Gasteiger partial charge in [0.25, 0.3) is 5.91 Å². The summed E-state index contributed by atoms with van der Waals surface area (Å²) in [5.41, 5.74) is 8.98. The van der Waals surface area contributed by atoms with Crippen LogP contribution in [0.4, 0.5) is 4.39 Å². The molecule has 2 aromatic carbocycles. The maximum Gasteiger partial charge on any atom is 0.269 e. The first-order chi connectivity index (χ1) is 12.1. The van der Waals surface area contributed by atoms with Crippen LogP contribution in [0.15, 0.2) is 58.3 Å². The molecule has 7 heteroatoms. The monoisotopic (exact) mass is 398 g/mol. The van der Waals surface area contributed by atoms with Gasteiger partial charge in [0.1, 0.15) is 12.1 Å². The zero-order valence-corrected chi connectivity index (χ0v) is 14.5. The Hall–Kier alpha value is -2.80. The van der Waals surface area contributed by atoms with E-state index in [1.54, 1.807) is 10.6 Å². The Balaban J connectivity index is 2.01. The van der Waals surface area contributed by atoms with Crippen LogP contribution in [-0.4, -0.2) is 21.2 Å². The fourth-order valence-electron chi connectivity index (χ4n) is 2.97. The normalized spacial score (nSPS) is 12.8. The van der Waals surface area contributed by atoms with E-state index in [1.807, 2.05) is 24.3 Å². The lowest BCUT2D eigenvalue weighted by molar-refractivity contribution is 0.0995. The Bertz CT molecular complexity index is 1040. The second-order valence-corrected chi connectivity index (χ2v) is 6.43. The molecule has 0 spiro atoms. The lowest BCUT2D eigenvalue weighted by Gasteiger charge is -2.12. The Morgan fingerprint density at radius 1 is 1.20 bits per heavy atom. The summed E-state index contributed by atoms with van der Waals surface area (Å²) in [5.74, 6) is -0.978. The van der Waals surface area contributed by atoms with Crippen molar-refractivity contribution in [3.05, 3.63) is 81.6 Å². The van der Waals surface area contributed by atoms with Crippen LogP contribution in [0.5, 0.6) is 0 Å². The number of aliphatic imine (C=N–C) groups is 1. The molecule has 0 unspecified atom stereocenters. The average Bonchev–Trinajstić information content (AvgIpc) is 2.94. The molecule has 2 N–H and O–H groups in total. The highest BCUT2D eigenvalue weighted by molar-refractivity contribution is 9.10. The smallest absolute Gasteiger partial charge is 0.269 e. The minimum absolute atomic E-state index is 0.174. The molecule has 1 aromatic heterocycles. The topological polar surface area (TPSA) is 73.3 Å². The minimum atomic E-state index is -0.614. The van der Waals surface area contributed by atoms with Crippen LogP contribution in [0, 0.1) is 5.82 Å². The number of halogens is 2. The molecule has 1 aliphatic rings. The van der Waals surface area contributed by atoms with Crippen molar-refractivity contribution in [3.63, 3.8) is 0 Å². The van der Waals surface area contributed by atoms with E-state index in [0.29, 0.717) is 22.7 Å². The Kier molecular flexibility index (Phi) is 3.73. The summed E-state index contributed by atoms with van der Waals surface area (Å²) < 4.78 is 16.5. The van der Waals surface area contributed by atoms with E-state index < -0.39 is 5.91 Å². The van der Waals surface area contributed by atoms with Gasteiger partial charge in [-0.1, -0.05) is 34.1 Å². The second kappa shape index (κ2) is 5.93. The third-order valence-corrected chi connectivity index (χ3v) is 4.78. The number of aromatic nitrogens is 2. The van der Waals surface area contributed by atoms with Crippen molar-refractivity contribution in [1.82, 2.24) is 9.55 Å². The van der Waals surface area contributed by atoms with Crippen molar-refractivity contribution in [3.8, 4) is 5.69 Å². The number of benzene rings is 2. The van der Waals surface area contributed by atoms with Gasteiger partial charge in [-0.25, -0.2) is 9.37 Å². The molecular formula is C18H12BrFN4O. The molecule has 2 heterocycles. The molecule has 25 heavy (non-hydrogen) atoms. The van der Waals surface area contributed by atoms with Crippen molar-refractivity contribution in [2.45, 2.75) is 6.54 Å². The number of fused-ring (bicyclic) bond motifs is 3. The highest BCUT2D eigenvalue weighted by atomic mass is 79.9. The van der Waals surface area contributed by atoms with E-state index in [-0.39, 0.29) is 18.1 Å². The first-order valence-electron chi connectivity index (χ1n) is 7.52. The van der Waals surface area contributed by atoms with E-state index in [9.17, 15) is 9.18 Å². The van der Waals surface area contributed by atoms with E-state index in [2.05, 4.69) is 25.9 Å². The highest BCUT2D eigenvalue weighted by Crippen LogP contribution is 2.29. The Labute approximate surface area is 151 Å². The zero-order valence-electron chi connectivity index (χ0n) is 12.9. The lowest BCUT2D eigenvalue weighted by Crippen LogP contribution is -2.14. The van der Waals surface area contributed by atoms with Gasteiger partial charge in [0, 0.05) is 15.6 Å². The number of amides is 1. The number of carbonyl (C=O) groups excluding carboxylic acids is 1. The molecule has 4 rings (SSSR count). The number of rotatable bonds is 2. The molecular weight excluding hydrogens is 387 g/mol. The fourth-order valence-corrected chi connectivity index (χ4v) is 3.44. The predicted octanol–water partition coefficient (Wildman–Crippen LogP) is 3.22. The van der Waals surface area contributed by atoms with Crippen LogP contribution < -0.4 is 5.73 Å². The fraction of sp³-hybridized carbons (Fsp3) is 0.0556. The van der Waals surface area contributed by atoms with Gasteiger partial charge in [-0.3, -0.25) is 14.4 Å². The molecule has 124 valence electrons. The highest BCUT2D eigenvalue weighted by Gasteiger charge is 2.24. The third kappa shape index (κ3) is 2.56. The molecule has 0 bridgehead atoms. The molecule has 1 amide bonds. The zero-order chi connectivity index (χ0) is 17.6. The van der Waals surface area contributed by atoms with Gasteiger partial charge < -0.3 is 5.73 Å². The van der Waals surface area contributed by atoms with Gasteiger partial charge in [-0.15, -0.1) is 0 Å². The van der Waals surface area contributed by atoms with Gasteiger partial charge in [0.05, 0.1) is 23.6 Å². The van der Waals surface area contributed by atoms with Gasteiger partial charge in [0.2, 0.25) is 0 Å². The summed E-state index contributed by atoms with van der Waals surface area (Å²) in [7, 11) is 0. The number of imidazole rings is 1. The summed E-state index contributed by atoms with van der Waals surface area (Å²) in [6, 6.07) is 12.1. The molecule has 1 aliphatic heterocycles. The lowest BCUT2D eigenvalue weighted by atomic mass is 10.0. The first-order valence-corrected chi connectivity index (χ1v) is 8.31. The Morgan fingerprint density at radius 2 is 2.00 bits per heavy atom. The molecule has 0 saturated heterocycles. The summed E-state index contributed by atoms with van der Waals surface area (Å²) >= 11 is 3.52. The van der Waals surface area contributed by atoms with Gasteiger partial charge >= 0.3 is 0 Å². The van der Waals surface area contributed by atoms with Crippen LogP contribution >= 0.6 is 15.9 Å². The molecule has 0 fully saturated rings. The summed E-state index contributed by atoms with van der Waals surface area (Å²) in [6.07, 6.45) is 1.52. The first kappa shape index (κ1) is 15.7. The van der Waals surface area contributed by atoms with E-state index in [1.165, 1.54) is 18.5 Å². The standard InChI is InChI=1S/C18H12BrFN4O/c19-13-4-2-1-3-11(13)16-12-7-10(20)5-6-14(12)24-9-23-17(18(21)25)15(24)8-22-16/h1-7,9H,8H2,(H2,21,25). The quantitative estimate of drug-likeness (QED) is 0.719. The average molecular weight is 399 g/mol. The van der Waals surface area contributed by atoms with E-state index in [4.69, 9.17) is 5.73 Å².